The predicted molar refractivity (Wildman–Crippen MR) is 89.4 cm³/mol. The van der Waals surface area contributed by atoms with E-state index in [0.717, 1.165) is 22.2 Å². The number of aromatic amines is 1. The van der Waals surface area contributed by atoms with Crippen LogP contribution in [0.15, 0.2) is 29.1 Å². The Bertz CT molecular complexity index is 708. The molecule has 118 valence electrons. The van der Waals surface area contributed by atoms with E-state index in [9.17, 15) is 4.79 Å². The first-order valence-corrected chi connectivity index (χ1v) is 8.10. The van der Waals surface area contributed by atoms with Gasteiger partial charge >= 0.3 is 0 Å². The lowest BCUT2D eigenvalue weighted by Crippen LogP contribution is -2.37. The van der Waals surface area contributed by atoms with Gasteiger partial charge in [-0.3, -0.25) is 4.79 Å². The quantitative estimate of drug-likeness (QED) is 0.911. The van der Waals surface area contributed by atoms with Gasteiger partial charge in [0.05, 0.1) is 12.6 Å². The van der Waals surface area contributed by atoms with Crippen molar-refractivity contribution in [2.45, 2.75) is 45.2 Å². The summed E-state index contributed by atoms with van der Waals surface area (Å²) in [4.78, 5) is 15.2. The average molecular weight is 300 g/mol. The maximum absolute atomic E-state index is 12.3. The molecule has 0 bridgehead atoms. The van der Waals surface area contributed by atoms with Gasteiger partial charge in [-0.15, -0.1) is 0 Å². The molecule has 0 spiro atoms. The largest absolute Gasteiger partial charge is 0.497 e. The Morgan fingerprint density at radius 3 is 2.86 bits per heavy atom. The van der Waals surface area contributed by atoms with Crippen molar-refractivity contribution in [3.8, 4) is 5.75 Å². The summed E-state index contributed by atoms with van der Waals surface area (Å²) in [5.41, 5.74) is 1.60. The lowest BCUT2D eigenvalue weighted by atomic mass is 9.86. The molecule has 1 aromatic heterocycles. The average Bonchev–Trinajstić information content (AvgIpc) is 2.53. The third-order valence-electron chi connectivity index (χ3n) is 4.80. The summed E-state index contributed by atoms with van der Waals surface area (Å²) in [6.07, 6.45) is 5.11. The second-order valence-electron chi connectivity index (χ2n) is 6.33. The highest BCUT2D eigenvalue weighted by Crippen LogP contribution is 2.24. The molecule has 1 heterocycles. The van der Waals surface area contributed by atoms with E-state index in [2.05, 4.69) is 17.2 Å². The molecular weight excluding hydrogens is 276 g/mol. The van der Waals surface area contributed by atoms with Gasteiger partial charge in [-0.25, -0.2) is 0 Å². The molecular formula is C18H24N2O2. The number of H-pyrrole nitrogens is 1. The minimum Gasteiger partial charge on any atom is -0.497 e. The monoisotopic (exact) mass is 300 g/mol. The second-order valence-corrected chi connectivity index (χ2v) is 6.33. The van der Waals surface area contributed by atoms with E-state index in [1.54, 1.807) is 7.11 Å². The van der Waals surface area contributed by atoms with Crippen LogP contribution in [0.2, 0.25) is 0 Å². The maximum Gasteiger partial charge on any atom is 0.252 e. The molecule has 1 aliphatic rings. The van der Waals surface area contributed by atoms with Gasteiger partial charge in [0.15, 0.2) is 0 Å². The Kier molecular flexibility index (Phi) is 4.48. The van der Waals surface area contributed by atoms with E-state index in [0.29, 0.717) is 18.5 Å². The van der Waals surface area contributed by atoms with E-state index < -0.39 is 0 Å². The summed E-state index contributed by atoms with van der Waals surface area (Å²) in [5, 5.41) is 4.61. The van der Waals surface area contributed by atoms with Gasteiger partial charge in [0.2, 0.25) is 0 Å². The molecule has 1 aromatic carbocycles. The molecule has 1 saturated carbocycles. The number of benzene rings is 1. The van der Waals surface area contributed by atoms with Gasteiger partial charge in [-0.1, -0.05) is 19.8 Å². The fourth-order valence-corrected chi connectivity index (χ4v) is 3.34. The van der Waals surface area contributed by atoms with Gasteiger partial charge in [0, 0.05) is 24.2 Å². The van der Waals surface area contributed by atoms with Crippen molar-refractivity contribution in [1.29, 1.82) is 0 Å². The van der Waals surface area contributed by atoms with Crippen LogP contribution in [-0.2, 0) is 6.54 Å². The number of rotatable bonds is 4. The number of pyridine rings is 1. The van der Waals surface area contributed by atoms with Gasteiger partial charge in [0.1, 0.15) is 5.75 Å². The Balaban J connectivity index is 1.78. The molecule has 2 N–H and O–H groups in total. The first-order chi connectivity index (χ1) is 10.7. The zero-order valence-electron chi connectivity index (χ0n) is 13.3. The lowest BCUT2D eigenvalue weighted by molar-refractivity contribution is 0.279. The van der Waals surface area contributed by atoms with Gasteiger partial charge in [-0.05, 0) is 42.3 Å². The molecule has 4 heteroatoms. The van der Waals surface area contributed by atoms with Gasteiger partial charge in [-0.2, -0.15) is 0 Å². The number of ether oxygens (including phenoxy) is 1. The fraction of sp³-hybridized carbons (Fsp3) is 0.500. The number of nitrogens with one attached hydrogen (secondary N) is 2. The molecule has 0 unspecified atom stereocenters. The van der Waals surface area contributed by atoms with Crippen LogP contribution in [0.5, 0.6) is 5.75 Å². The van der Waals surface area contributed by atoms with Crippen molar-refractivity contribution in [3.05, 3.63) is 40.2 Å². The van der Waals surface area contributed by atoms with Crippen LogP contribution in [0.1, 0.15) is 38.2 Å². The third kappa shape index (κ3) is 3.17. The SMILES string of the molecule is COc1ccc2cc(CN[C@@H]3CCCC[C@H]3C)c(=O)[nH]c2c1. The van der Waals surface area contributed by atoms with Crippen molar-refractivity contribution in [3.63, 3.8) is 0 Å². The molecule has 22 heavy (non-hydrogen) atoms. The Hall–Kier alpha value is -1.81. The molecule has 2 aromatic rings. The summed E-state index contributed by atoms with van der Waals surface area (Å²) in [6.45, 7) is 2.93. The van der Waals surface area contributed by atoms with E-state index in [1.165, 1.54) is 25.7 Å². The third-order valence-corrected chi connectivity index (χ3v) is 4.80. The summed E-state index contributed by atoms with van der Waals surface area (Å²) < 4.78 is 5.20. The lowest BCUT2D eigenvalue weighted by Gasteiger charge is -2.29. The van der Waals surface area contributed by atoms with Crippen molar-refractivity contribution >= 4 is 10.9 Å². The Morgan fingerprint density at radius 1 is 1.27 bits per heavy atom. The summed E-state index contributed by atoms with van der Waals surface area (Å²) >= 11 is 0. The number of hydrogen-bond acceptors (Lipinski definition) is 3. The van der Waals surface area contributed by atoms with E-state index in [1.807, 2.05) is 24.3 Å². The van der Waals surface area contributed by atoms with Crippen LogP contribution in [0.3, 0.4) is 0 Å². The van der Waals surface area contributed by atoms with Crippen LogP contribution in [-0.4, -0.2) is 18.1 Å². The molecule has 3 rings (SSSR count). The predicted octanol–water partition coefficient (Wildman–Crippen LogP) is 3.21. The number of aromatic nitrogens is 1. The standard InChI is InChI=1S/C18H24N2O2/c1-12-5-3-4-6-16(12)19-11-14-9-13-7-8-15(22-2)10-17(13)20-18(14)21/h7-10,12,16,19H,3-6,11H2,1-2H3,(H,20,21)/t12-,16-/m1/s1. The summed E-state index contributed by atoms with van der Waals surface area (Å²) in [7, 11) is 1.63. The first-order valence-electron chi connectivity index (χ1n) is 8.10. The highest BCUT2D eigenvalue weighted by molar-refractivity contribution is 5.80. The van der Waals surface area contributed by atoms with Crippen molar-refractivity contribution in [2.24, 2.45) is 5.92 Å². The normalized spacial score (nSPS) is 21.9. The van der Waals surface area contributed by atoms with Gasteiger partial charge < -0.3 is 15.0 Å². The number of fused-ring (bicyclic) bond motifs is 1. The smallest absolute Gasteiger partial charge is 0.252 e. The van der Waals surface area contributed by atoms with Crippen molar-refractivity contribution in [2.75, 3.05) is 7.11 Å². The van der Waals surface area contributed by atoms with Crippen LogP contribution in [0, 0.1) is 5.92 Å². The topological polar surface area (TPSA) is 54.1 Å². The van der Waals surface area contributed by atoms with Crippen LogP contribution in [0.25, 0.3) is 10.9 Å². The minimum absolute atomic E-state index is 0.0169. The van der Waals surface area contributed by atoms with E-state index in [-0.39, 0.29) is 5.56 Å². The van der Waals surface area contributed by atoms with Crippen LogP contribution >= 0.6 is 0 Å². The number of hydrogen-bond donors (Lipinski definition) is 2. The molecule has 1 fully saturated rings. The molecule has 2 atom stereocenters. The molecule has 1 aliphatic carbocycles. The maximum atomic E-state index is 12.3. The first kappa shape index (κ1) is 15.1. The number of methoxy groups -OCH3 is 1. The van der Waals surface area contributed by atoms with Crippen LogP contribution in [0.4, 0.5) is 0 Å². The van der Waals surface area contributed by atoms with Crippen molar-refractivity contribution in [1.82, 2.24) is 10.3 Å². The van der Waals surface area contributed by atoms with Gasteiger partial charge in [0.25, 0.3) is 5.56 Å². The fourth-order valence-electron chi connectivity index (χ4n) is 3.34. The molecule has 0 aliphatic heterocycles. The van der Waals surface area contributed by atoms with E-state index >= 15 is 0 Å². The zero-order chi connectivity index (χ0) is 15.5. The molecule has 0 saturated heterocycles. The minimum atomic E-state index is -0.0169. The molecule has 0 amide bonds. The van der Waals surface area contributed by atoms with Crippen LogP contribution < -0.4 is 15.6 Å². The van der Waals surface area contributed by atoms with Crippen molar-refractivity contribution < 1.29 is 4.74 Å². The summed E-state index contributed by atoms with van der Waals surface area (Å²) in [5.74, 6) is 1.45. The zero-order valence-corrected chi connectivity index (χ0v) is 13.3. The van der Waals surface area contributed by atoms with E-state index in [4.69, 9.17) is 4.74 Å². The highest BCUT2D eigenvalue weighted by atomic mass is 16.5. The molecule has 0 radical (unpaired) electrons. The summed E-state index contributed by atoms with van der Waals surface area (Å²) in [6, 6.07) is 8.27. The Morgan fingerprint density at radius 2 is 2.09 bits per heavy atom. The molecule has 4 nitrogen and oxygen atoms in total. The Labute approximate surface area is 130 Å². The highest BCUT2D eigenvalue weighted by Gasteiger charge is 2.20. The second kappa shape index (κ2) is 6.53.